The Labute approximate surface area is 150 Å². The third-order valence-corrected chi connectivity index (χ3v) is 9.61. The van der Waals surface area contributed by atoms with Crippen molar-refractivity contribution in [2.45, 2.75) is 59.4 Å². The van der Waals surface area contributed by atoms with Crippen LogP contribution in [0.3, 0.4) is 0 Å². The topological polar surface area (TPSA) is 27.7 Å². The SMILES string of the molecule is CCOc1cc(CO[Si](C)(C)C(C)(C)C)cc(OCC)c1I. The van der Waals surface area contributed by atoms with E-state index in [2.05, 4.69) is 68.6 Å². The summed E-state index contributed by atoms with van der Waals surface area (Å²) in [5, 5.41) is 0.210. The van der Waals surface area contributed by atoms with E-state index >= 15 is 0 Å². The molecular weight excluding hydrogens is 407 g/mol. The molecule has 22 heavy (non-hydrogen) atoms. The molecule has 3 nitrogen and oxygen atoms in total. The fourth-order valence-electron chi connectivity index (χ4n) is 1.71. The smallest absolute Gasteiger partial charge is 0.192 e. The summed E-state index contributed by atoms with van der Waals surface area (Å²) in [5.74, 6) is 1.76. The summed E-state index contributed by atoms with van der Waals surface area (Å²) in [5.41, 5.74) is 1.11. The Morgan fingerprint density at radius 1 is 1.00 bits per heavy atom. The lowest BCUT2D eigenvalue weighted by Gasteiger charge is -2.36. The molecule has 0 aliphatic rings. The van der Waals surface area contributed by atoms with Gasteiger partial charge in [0.1, 0.15) is 11.5 Å². The number of halogens is 1. The van der Waals surface area contributed by atoms with Crippen molar-refractivity contribution in [3.05, 3.63) is 21.3 Å². The van der Waals surface area contributed by atoms with Gasteiger partial charge in [-0.1, -0.05) is 20.8 Å². The number of benzene rings is 1. The molecule has 0 amide bonds. The lowest BCUT2D eigenvalue weighted by Crippen LogP contribution is -2.40. The number of hydrogen-bond donors (Lipinski definition) is 0. The fraction of sp³-hybridized carbons (Fsp3) is 0.647. The average molecular weight is 436 g/mol. The Hall–Kier alpha value is -0.273. The van der Waals surface area contributed by atoms with Crippen molar-refractivity contribution < 1.29 is 13.9 Å². The Morgan fingerprint density at radius 3 is 1.82 bits per heavy atom. The van der Waals surface area contributed by atoms with Gasteiger partial charge >= 0.3 is 0 Å². The molecule has 0 atom stereocenters. The van der Waals surface area contributed by atoms with Crippen LogP contribution in [0.5, 0.6) is 11.5 Å². The van der Waals surface area contributed by atoms with Crippen molar-refractivity contribution in [1.29, 1.82) is 0 Å². The summed E-state index contributed by atoms with van der Waals surface area (Å²) in [4.78, 5) is 0. The molecule has 1 aromatic carbocycles. The first-order valence-electron chi connectivity index (χ1n) is 7.84. The Bertz CT molecular complexity index is 468. The monoisotopic (exact) mass is 436 g/mol. The zero-order valence-corrected chi connectivity index (χ0v) is 18.0. The minimum Gasteiger partial charge on any atom is -0.493 e. The number of hydrogen-bond acceptors (Lipinski definition) is 3. The van der Waals surface area contributed by atoms with Crippen LogP contribution in [-0.4, -0.2) is 21.5 Å². The maximum absolute atomic E-state index is 6.31. The highest BCUT2D eigenvalue weighted by Gasteiger charge is 2.37. The minimum atomic E-state index is -1.76. The van der Waals surface area contributed by atoms with Gasteiger partial charge < -0.3 is 13.9 Å². The summed E-state index contributed by atoms with van der Waals surface area (Å²) in [6, 6.07) is 4.14. The first-order valence-corrected chi connectivity index (χ1v) is 11.8. The highest BCUT2D eigenvalue weighted by molar-refractivity contribution is 14.1. The highest BCUT2D eigenvalue weighted by Crippen LogP contribution is 2.38. The molecule has 126 valence electrons. The lowest BCUT2D eigenvalue weighted by atomic mass is 10.2. The van der Waals surface area contributed by atoms with Crippen LogP contribution in [0.25, 0.3) is 0 Å². The van der Waals surface area contributed by atoms with Gasteiger partial charge in [0.15, 0.2) is 8.32 Å². The molecule has 0 N–H and O–H groups in total. The molecule has 1 rings (SSSR count). The second-order valence-corrected chi connectivity index (χ2v) is 12.7. The van der Waals surface area contributed by atoms with Gasteiger partial charge in [-0.3, -0.25) is 0 Å². The van der Waals surface area contributed by atoms with E-state index in [1.165, 1.54) is 0 Å². The molecular formula is C17H29IO3Si. The van der Waals surface area contributed by atoms with Gasteiger partial charge in [0.25, 0.3) is 0 Å². The summed E-state index contributed by atoms with van der Waals surface area (Å²) >= 11 is 2.28. The van der Waals surface area contributed by atoms with E-state index < -0.39 is 8.32 Å². The molecule has 5 heteroatoms. The van der Waals surface area contributed by atoms with E-state index in [0.29, 0.717) is 19.8 Å². The Kier molecular flexibility index (Phi) is 7.20. The molecule has 0 spiro atoms. The Balaban J connectivity index is 2.99. The third-order valence-electron chi connectivity index (χ3n) is 4.07. The summed E-state index contributed by atoms with van der Waals surface area (Å²) in [6.45, 7) is 17.2. The van der Waals surface area contributed by atoms with Crippen molar-refractivity contribution in [2.24, 2.45) is 0 Å². The summed E-state index contributed by atoms with van der Waals surface area (Å²) in [7, 11) is -1.76. The van der Waals surface area contributed by atoms with Crippen LogP contribution < -0.4 is 9.47 Å². The van der Waals surface area contributed by atoms with Crippen LogP contribution in [0.15, 0.2) is 12.1 Å². The maximum Gasteiger partial charge on any atom is 0.192 e. The molecule has 0 radical (unpaired) electrons. The predicted octanol–water partition coefficient (Wildman–Crippen LogP) is 5.61. The molecule has 0 unspecified atom stereocenters. The predicted molar refractivity (Wildman–Crippen MR) is 103 cm³/mol. The van der Waals surface area contributed by atoms with Crippen LogP contribution in [0.2, 0.25) is 18.1 Å². The molecule has 0 saturated heterocycles. The van der Waals surface area contributed by atoms with Gasteiger partial charge in [0.2, 0.25) is 0 Å². The largest absolute Gasteiger partial charge is 0.493 e. The molecule has 0 aliphatic heterocycles. The number of ether oxygens (including phenoxy) is 2. The van der Waals surface area contributed by atoms with Gasteiger partial charge in [-0.05, 0) is 72.3 Å². The van der Waals surface area contributed by atoms with E-state index in [1.807, 2.05) is 13.8 Å². The molecule has 1 aromatic rings. The first kappa shape index (κ1) is 19.8. The van der Waals surface area contributed by atoms with E-state index in [0.717, 1.165) is 20.6 Å². The normalized spacial score (nSPS) is 12.4. The molecule has 0 aliphatic carbocycles. The molecule has 0 heterocycles. The van der Waals surface area contributed by atoms with Crippen molar-refractivity contribution in [1.82, 2.24) is 0 Å². The summed E-state index contributed by atoms with van der Waals surface area (Å²) in [6.07, 6.45) is 0. The summed E-state index contributed by atoms with van der Waals surface area (Å²) < 4.78 is 18.8. The maximum atomic E-state index is 6.31. The van der Waals surface area contributed by atoms with Crippen molar-refractivity contribution in [3.8, 4) is 11.5 Å². The van der Waals surface area contributed by atoms with Gasteiger partial charge in [-0.15, -0.1) is 0 Å². The highest BCUT2D eigenvalue weighted by atomic mass is 127. The zero-order valence-electron chi connectivity index (χ0n) is 14.9. The molecule has 0 aromatic heterocycles. The molecule has 0 bridgehead atoms. The lowest BCUT2D eigenvalue weighted by molar-refractivity contribution is 0.272. The van der Waals surface area contributed by atoms with Crippen LogP contribution in [0.1, 0.15) is 40.2 Å². The van der Waals surface area contributed by atoms with Crippen LogP contribution >= 0.6 is 22.6 Å². The second-order valence-electron chi connectivity index (χ2n) is 6.82. The van der Waals surface area contributed by atoms with Crippen molar-refractivity contribution >= 4 is 30.9 Å². The first-order chi connectivity index (χ1) is 10.1. The van der Waals surface area contributed by atoms with Gasteiger partial charge in [0, 0.05) is 0 Å². The van der Waals surface area contributed by atoms with Gasteiger partial charge in [-0.25, -0.2) is 0 Å². The van der Waals surface area contributed by atoms with Crippen LogP contribution in [0, 0.1) is 3.57 Å². The molecule has 0 saturated carbocycles. The number of rotatable bonds is 7. The minimum absolute atomic E-state index is 0.210. The van der Waals surface area contributed by atoms with E-state index in [-0.39, 0.29) is 5.04 Å². The van der Waals surface area contributed by atoms with Crippen molar-refractivity contribution in [3.63, 3.8) is 0 Å². The fourth-order valence-corrected chi connectivity index (χ4v) is 3.29. The van der Waals surface area contributed by atoms with Crippen LogP contribution in [0.4, 0.5) is 0 Å². The third kappa shape index (κ3) is 5.13. The van der Waals surface area contributed by atoms with Gasteiger partial charge in [-0.2, -0.15) is 0 Å². The van der Waals surface area contributed by atoms with E-state index in [4.69, 9.17) is 13.9 Å². The van der Waals surface area contributed by atoms with E-state index in [1.54, 1.807) is 0 Å². The molecule has 0 fully saturated rings. The quantitative estimate of drug-likeness (QED) is 0.411. The average Bonchev–Trinajstić information content (AvgIpc) is 2.40. The Morgan fingerprint density at radius 2 is 1.45 bits per heavy atom. The second kappa shape index (κ2) is 8.01. The van der Waals surface area contributed by atoms with Crippen LogP contribution in [-0.2, 0) is 11.0 Å². The van der Waals surface area contributed by atoms with Gasteiger partial charge in [0.05, 0.1) is 23.4 Å². The van der Waals surface area contributed by atoms with Crippen molar-refractivity contribution in [2.75, 3.05) is 13.2 Å². The standard InChI is InChI=1S/C17H29IO3Si/c1-8-19-14-10-13(11-15(16(14)18)20-9-2)12-21-22(6,7)17(3,4)5/h10-11H,8-9,12H2,1-7H3. The van der Waals surface area contributed by atoms with E-state index in [9.17, 15) is 0 Å². The zero-order chi connectivity index (χ0) is 17.0.